The number of thiazole rings is 1. The third-order valence-electron chi connectivity index (χ3n) is 4.65. The monoisotopic (exact) mass is 440 g/mol. The first-order valence-corrected chi connectivity index (χ1v) is 11.0. The van der Waals surface area contributed by atoms with Gasteiger partial charge in [-0.05, 0) is 55.8 Å². The summed E-state index contributed by atoms with van der Waals surface area (Å²) in [5.74, 6) is 1.85. The van der Waals surface area contributed by atoms with Crippen molar-refractivity contribution in [2.45, 2.75) is 20.4 Å². The Morgan fingerprint density at radius 3 is 2.87 bits per heavy atom. The van der Waals surface area contributed by atoms with Crippen LogP contribution in [-0.2, 0) is 16.1 Å². The fraction of sp³-hybridized carbons (Fsp3) is 0.304. The molecule has 7 nitrogen and oxygen atoms in total. The Balaban J connectivity index is 1.62. The average Bonchev–Trinajstić information content (AvgIpc) is 3.36. The van der Waals surface area contributed by atoms with Crippen molar-refractivity contribution in [3.8, 4) is 17.2 Å². The number of hydrogen-bond acceptors (Lipinski definition) is 6. The molecular weight excluding hydrogens is 416 g/mol. The molecule has 0 N–H and O–H groups in total. The van der Waals surface area contributed by atoms with Crippen molar-refractivity contribution in [3.05, 3.63) is 52.8 Å². The molecule has 2 aromatic carbocycles. The molecule has 0 saturated heterocycles. The largest absolute Gasteiger partial charge is 0.494 e. The fourth-order valence-corrected chi connectivity index (χ4v) is 4.32. The van der Waals surface area contributed by atoms with Crippen molar-refractivity contribution >= 4 is 33.5 Å². The molecule has 0 fully saturated rings. The molecule has 0 spiro atoms. The summed E-state index contributed by atoms with van der Waals surface area (Å²) < 4.78 is 24.8. The van der Waals surface area contributed by atoms with E-state index < -0.39 is 0 Å². The third kappa shape index (κ3) is 4.98. The maximum atomic E-state index is 12.6. The number of benzene rings is 2. The van der Waals surface area contributed by atoms with Gasteiger partial charge in [0.2, 0.25) is 6.79 Å². The molecule has 0 saturated carbocycles. The molecular formula is C23H24N2O5S. The normalized spacial score (nSPS) is 13.4. The van der Waals surface area contributed by atoms with E-state index in [1.807, 2.05) is 54.8 Å². The SMILES string of the molecule is CCOCCn1c(=NC(=O)C=Cc2ccc3c(c2)OCO3)sc2cc(OCC)ccc21. The van der Waals surface area contributed by atoms with E-state index in [1.165, 1.54) is 17.4 Å². The van der Waals surface area contributed by atoms with Crippen LogP contribution in [-0.4, -0.2) is 37.1 Å². The Morgan fingerprint density at radius 1 is 1.16 bits per heavy atom. The van der Waals surface area contributed by atoms with E-state index >= 15 is 0 Å². The van der Waals surface area contributed by atoms with Crippen molar-refractivity contribution in [1.82, 2.24) is 4.57 Å². The quantitative estimate of drug-likeness (QED) is 0.391. The zero-order chi connectivity index (χ0) is 21.6. The van der Waals surface area contributed by atoms with Crippen LogP contribution in [0.25, 0.3) is 16.3 Å². The number of rotatable bonds is 8. The standard InChI is InChI=1S/C23H24N2O5S/c1-3-27-12-11-25-18-8-7-17(28-4-2)14-21(18)31-23(25)24-22(26)10-6-16-5-9-19-20(13-16)30-15-29-19/h5-10,13-14H,3-4,11-12,15H2,1-2H3. The zero-order valence-corrected chi connectivity index (χ0v) is 18.3. The smallest absolute Gasteiger partial charge is 0.272 e. The van der Waals surface area contributed by atoms with E-state index in [0.717, 1.165) is 21.5 Å². The van der Waals surface area contributed by atoms with Crippen LogP contribution in [0.4, 0.5) is 0 Å². The van der Waals surface area contributed by atoms with Crippen LogP contribution in [0.2, 0.25) is 0 Å². The second-order valence-corrected chi connectivity index (χ2v) is 7.70. The summed E-state index contributed by atoms with van der Waals surface area (Å²) in [7, 11) is 0. The molecule has 1 amide bonds. The molecule has 4 rings (SSSR count). The predicted octanol–water partition coefficient (Wildman–Crippen LogP) is 4.01. The molecule has 1 aliphatic heterocycles. The molecule has 3 aromatic rings. The van der Waals surface area contributed by atoms with E-state index in [-0.39, 0.29) is 12.7 Å². The lowest BCUT2D eigenvalue weighted by Crippen LogP contribution is -2.19. The summed E-state index contributed by atoms with van der Waals surface area (Å²) in [6, 6.07) is 11.4. The van der Waals surface area contributed by atoms with Crippen LogP contribution in [0.5, 0.6) is 17.2 Å². The van der Waals surface area contributed by atoms with Gasteiger partial charge in [0.1, 0.15) is 5.75 Å². The molecule has 8 heteroatoms. The second kappa shape index (κ2) is 9.80. The fourth-order valence-electron chi connectivity index (χ4n) is 3.23. The van der Waals surface area contributed by atoms with Crippen LogP contribution in [0.15, 0.2) is 47.5 Å². The Kier molecular flexibility index (Phi) is 6.69. The van der Waals surface area contributed by atoms with Crippen LogP contribution in [0.1, 0.15) is 19.4 Å². The van der Waals surface area contributed by atoms with E-state index in [2.05, 4.69) is 4.99 Å². The van der Waals surface area contributed by atoms with Gasteiger partial charge in [-0.1, -0.05) is 17.4 Å². The number of amides is 1. The molecule has 0 bridgehead atoms. The van der Waals surface area contributed by atoms with Crippen molar-refractivity contribution in [3.63, 3.8) is 0 Å². The van der Waals surface area contributed by atoms with E-state index in [0.29, 0.717) is 42.7 Å². The van der Waals surface area contributed by atoms with E-state index in [4.69, 9.17) is 18.9 Å². The lowest BCUT2D eigenvalue weighted by Gasteiger charge is -2.06. The summed E-state index contributed by atoms with van der Waals surface area (Å²) in [6.07, 6.45) is 3.18. The van der Waals surface area contributed by atoms with Gasteiger partial charge in [0.25, 0.3) is 5.91 Å². The van der Waals surface area contributed by atoms with Gasteiger partial charge < -0.3 is 23.5 Å². The highest BCUT2D eigenvalue weighted by Gasteiger charge is 2.12. The molecule has 2 heterocycles. The average molecular weight is 441 g/mol. The van der Waals surface area contributed by atoms with Crippen LogP contribution >= 0.6 is 11.3 Å². The minimum Gasteiger partial charge on any atom is -0.494 e. The first kappa shape index (κ1) is 21.1. The summed E-state index contributed by atoms with van der Waals surface area (Å²) in [4.78, 5) is 17.5. The van der Waals surface area contributed by atoms with Gasteiger partial charge in [-0.25, -0.2) is 0 Å². The van der Waals surface area contributed by atoms with Crippen LogP contribution in [0.3, 0.4) is 0 Å². The van der Waals surface area contributed by atoms with Gasteiger partial charge >= 0.3 is 0 Å². The van der Waals surface area contributed by atoms with Gasteiger partial charge in [-0.3, -0.25) is 4.79 Å². The first-order chi connectivity index (χ1) is 15.2. The highest BCUT2D eigenvalue weighted by Crippen LogP contribution is 2.32. The van der Waals surface area contributed by atoms with Crippen molar-refractivity contribution in [2.24, 2.45) is 4.99 Å². The Morgan fingerprint density at radius 2 is 2.03 bits per heavy atom. The topological polar surface area (TPSA) is 71.3 Å². The van der Waals surface area contributed by atoms with Gasteiger partial charge in [0.15, 0.2) is 16.3 Å². The number of nitrogens with zero attached hydrogens (tertiary/aromatic N) is 2. The maximum Gasteiger partial charge on any atom is 0.272 e. The maximum absolute atomic E-state index is 12.6. The number of hydrogen-bond donors (Lipinski definition) is 0. The van der Waals surface area contributed by atoms with Gasteiger partial charge in [-0.2, -0.15) is 4.99 Å². The number of ether oxygens (including phenoxy) is 4. The van der Waals surface area contributed by atoms with Crippen molar-refractivity contribution in [2.75, 3.05) is 26.6 Å². The molecule has 0 atom stereocenters. The Labute approximate surface area is 184 Å². The van der Waals surface area contributed by atoms with Crippen molar-refractivity contribution in [1.29, 1.82) is 0 Å². The molecule has 162 valence electrons. The van der Waals surface area contributed by atoms with E-state index in [9.17, 15) is 4.79 Å². The lowest BCUT2D eigenvalue weighted by molar-refractivity contribution is -0.113. The first-order valence-electron chi connectivity index (χ1n) is 10.2. The third-order valence-corrected chi connectivity index (χ3v) is 5.69. The van der Waals surface area contributed by atoms with Crippen molar-refractivity contribution < 1.29 is 23.7 Å². The van der Waals surface area contributed by atoms with Crippen LogP contribution < -0.4 is 19.0 Å². The molecule has 1 aliphatic rings. The molecule has 0 unspecified atom stereocenters. The summed E-state index contributed by atoms with van der Waals surface area (Å²) in [6.45, 7) is 6.52. The molecule has 0 aliphatic carbocycles. The molecule has 1 aromatic heterocycles. The predicted molar refractivity (Wildman–Crippen MR) is 120 cm³/mol. The number of aromatic nitrogens is 1. The van der Waals surface area contributed by atoms with E-state index in [1.54, 1.807) is 6.08 Å². The Hall–Kier alpha value is -3.10. The summed E-state index contributed by atoms with van der Waals surface area (Å²) in [5.41, 5.74) is 1.84. The number of carbonyl (C=O) groups excluding carboxylic acids is 1. The lowest BCUT2D eigenvalue weighted by atomic mass is 10.2. The van der Waals surface area contributed by atoms with Crippen LogP contribution in [0, 0.1) is 0 Å². The van der Waals surface area contributed by atoms with Gasteiger partial charge in [0, 0.05) is 19.2 Å². The minimum atomic E-state index is -0.334. The number of fused-ring (bicyclic) bond motifs is 2. The number of carbonyl (C=O) groups is 1. The second-order valence-electron chi connectivity index (χ2n) is 6.69. The van der Waals surface area contributed by atoms with Gasteiger partial charge in [0.05, 0.1) is 23.4 Å². The zero-order valence-electron chi connectivity index (χ0n) is 17.5. The highest BCUT2D eigenvalue weighted by atomic mass is 32.1. The van der Waals surface area contributed by atoms with Gasteiger partial charge in [-0.15, -0.1) is 0 Å². The summed E-state index contributed by atoms with van der Waals surface area (Å²) >= 11 is 1.46. The molecule has 0 radical (unpaired) electrons. The summed E-state index contributed by atoms with van der Waals surface area (Å²) in [5, 5.41) is 0. The Bertz CT molecular complexity index is 1180. The molecule has 31 heavy (non-hydrogen) atoms. The minimum absolute atomic E-state index is 0.218. The highest BCUT2D eigenvalue weighted by molar-refractivity contribution is 7.16.